The maximum atomic E-state index is 12.8. The van der Waals surface area contributed by atoms with Crippen molar-refractivity contribution in [2.24, 2.45) is 5.92 Å². The van der Waals surface area contributed by atoms with E-state index in [9.17, 15) is 18.4 Å². The summed E-state index contributed by atoms with van der Waals surface area (Å²) in [6.07, 6.45) is 0.138. The van der Waals surface area contributed by atoms with Crippen LogP contribution in [0.15, 0.2) is 41.3 Å². The van der Waals surface area contributed by atoms with E-state index in [0.29, 0.717) is 33.9 Å². The van der Waals surface area contributed by atoms with Gasteiger partial charge in [0.25, 0.3) is 5.76 Å². The van der Waals surface area contributed by atoms with Gasteiger partial charge in [-0.2, -0.15) is 8.78 Å². The Bertz CT molecular complexity index is 1130. The van der Waals surface area contributed by atoms with E-state index in [1.807, 2.05) is 32.0 Å². The summed E-state index contributed by atoms with van der Waals surface area (Å²) in [6.45, 7) is 4.27. The van der Waals surface area contributed by atoms with Crippen LogP contribution in [0.1, 0.15) is 17.5 Å². The molecule has 1 aromatic heterocycles. The number of halogens is 2. The van der Waals surface area contributed by atoms with Crippen molar-refractivity contribution in [2.75, 3.05) is 16.8 Å². The van der Waals surface area contributed by atoms with Gasteiger partial charge in [0.1, 0.15) is 0 Å². The Kier molecular flexibility index (Phi) is 5.75. The van der Waals surface area contributed by atoms with Crippen molar-refractivity contribution >= 4 is 55.9 Å². The number of alkyl halides is 2. The maximum absolute atomic E-state index is 12.8. The highest BCUT2D eigenvalue weighted by Crippen LogP contribution is 2.34. The summed E-state index contributed by atoms with van der Waals surface area (Å²) < 4.78 is 25.8. The second-order valence-electron chi connectivity index (χ2n) is 7.14. The average molecular weight is 448 g/mol. The number of fused-ring (bicyclic) bond motifs is 1. The third-order valence-electron chi connectivity index (χ3n) is 5.18. The molecular formula is C21H19F2N3O2S2. The number of carbonyl (C=O) groups excluding carboxylic acids is 2. The lowest BCUT2D eigenvalue weighted by atomic mass is 10.1. The lowest BCUT2D eigenvalue weighted by molar-refractivity contribution is -0.122. The number of carbonyl (C=O) groups is 2. The molecule has 0 radical (unpaired) electrons. The topological polar surface area (TPSA) is 62.3 Å². The molecule has 2 heterocycles. The second-order valence-corrected chi connectivity index (χ2v) is 9.23. The van der Waals surface area contributed by atoms with Gasteiger partial charge in [-0.1, -0.05) is 35.2 Å². The van der Waals surface area contributed by atoms with Crippen LogP contribution in [-0.4, -0.2) is 29.1 Å². The van der Waals surface area contributed by atoms with E-state index in [2.05, 4.69) is 10.3 Å². The Morgan fingerprint density at radius 2 is 2.10 bits per heavy atom. The fourth-order valence-corrected chi connectivity index (χ4v) is 5.01. The second kappa shape index (κ2) is 8.31. The molecule has 3 aromatic rings. The summed E-state index contributed by atoms with van der Waals surface area (Å²) in [5.74, 6) is -3.32. The normalized spacial score (nSPS) is 16.6. The van der Waals surface area contributed by atoms with Crippen LogP contribution in [0.25, 0.3) is 10.2 Å². The Balaban J connectivity index is 1.47. The lowest BCUT2D eigenvalue weighted by Gasteiger charge is -2.20. The molecule has 0 bridgehead atoms. The number of rotatable bonds is 5. The molecule has 5 nitrogen and oxygen atoms in total. The molecule has 1 aliphatic heterocycles. The Hall–Kier alpha value is -2.52. The maximum Gasteiger partial charge on any atom is 0.288 e. The Labute approximate surface area is 180 Å². The Morgan fingerprint density at radius 3 is 2.87 bits per heavy atom. The number of benzene rings is 2. The third-order valence-corrected chi connectivity index (χ3v) is 6.82. The van der Waals surface area contributed by atoms with Crippen LogP contribution in [0.5, 0.6) is 0 Å². The van der Waals surface area contributed by atoms with Gasteiger partial charge in [0, 0.05) is 23.5 Å². The number of amides is 2. The minimum Gasteiger partial charge on any atom is -0.311 e. The number of nitrogens with one attached hydrogen (secondary N) is 1. The number of nitrogens with zero attached hydrogens (tertiary/aromatic N) is 2. The molecule has 1 aliphatic rings. The predicted molar refractivity (Wildman–Crippen MR) is 116 cm³/mol. The van der Waals surface area contributed by atoms with E-state index in [1.54, 1.807) is 23.1 Å². The van der Waals surface area contributed by atoms with E-state index < -0.39 is 11.7 Å². The minimum absolute atomic E-state index is 0.0817. The van der Waals surface area contributed by atoms with Gasteiger partial charge < -0.3 is 10.2 Å². The minimum atomic E-state index is -2.49. The number of hydrogen-bond acceptors (Lipinski definition) is 5. The van der Waals surface area contributed by atoms with Gasteiger partial charge >= 0.3 is 0 Å². The summed E-state index contributed by atoms with van der Waals surface area (Å²) in [7, 11) is 0. The highest BCUT2D eigenvalue weighted by molar-refractivity contribution is 7.99. The van der Waals surface area contributed by atoms with E-state index >= 15 is 0 Å². The van der Waals surface area contributed by atoms with Gasteiger partial charge in [0.2, 0.25) is 11.8 Å². The zero-order chi connectivity index (χ0) is 21.4. The van der Waals surface area contributed by atoms with E-state index in [-0.39, 0.29) is 18.2 Å². The highest BCUT2D eigenvalue weighted by atomic mass is 32.2. The summed E-state index contributed by atoms with van der Waals surface area (Å²) >= 11 is 1.70. The van der Waals surface area contributed by atoms with Crippen molar-refractivity contribution < 1.29 is 18.4 Å². The zero-order valence-corrected chi connectivity index (χ0v) is 17.9. The van der Waals surface area contributed by atoms with Crippen LogP contribution in [0.3, 0.4) is 0 Å². The fraction of sp³-hybridized carbons (Fsp3) is 0.286. The van der Waals surface area contributed by atoms with Crippen molar-refractivity contribution in [3.8, 4) is 0 Å². The molecule has 1 saturated heterocycles. The van der Waals surface area contributed by atoms with Gasteiger partial charge in [-0.05, 0) is 49.2 Å². The number of aromatic nitrogens is 1. The molecule has 0 saturated carbocycles. The highest BCUT2D eigenvalue weighted by Gasteiger charge is 2.36. The zero-order valence-electron chi connectivity index (χ0n) is 16.3. The summed E-state index contributed by atoms with van der Waals surface area (Å²) in [5, 5.41) is 3.18. The summed E-state index contributed by atoms with van der Waals surface area (Å²) in [5.41, 5.74) is 3.58. The van der Waals surface area contributed by atoms with Gasteiger partial charge in [-0.3, -0.25) is 9.59 Å². The third kappa shape index (κ3) is 4.17. The first-order valence-corrected chi connectivity index (χ1v) is 11.0. The van der Waals surface area contributed by atoms with Crippen LogP contribution in [0, 0.1) is 19.8 Å². The molecule has 156 valence electrons. The Morgan fingerprint density at radius 1 is 1.30 bits per heavy atom. The molecule has 1 atom stereocenters. The fourth-order valence-electron chi connectivity index (χ4n) is 3.49. The molecular weight excluding hydrogens is 428 g/mol. The van der Waals surface area contributed by atoms with Crippen molar-refractivity contribution in [1.29, 1.82) is 0 Å². The van der Waals surface area contributed by atoms with Crippen molar-refractivity contribution in [3.63, 3.8) is 0 Å². The lowest BCUT2D eigenvalue weighted by Crippen LogP contribution is -2.28. The largest absolute Gasteiger partial charge is 0.311 e. The van der Waals surface area contributed by atoms with Crippen LogP contribution in [0.4, 0.5) is 19.6 Å². The number of aryl methyl sites for hydroxylation is 1. The number of thiazole rings is 1. The van der Waals surface area contributed by atoms with Crippen LogP contribution >= 0.6 is 23.1 Å². The number of thioether (sulfide) groups is 1. The van der Waals surface area contributed by atoms with Crippen molar-refractivity contribution in [1.82, 2.24) is 4.98 Å². The molecule has 2 aromatic carbocycles. The first-order chi connectivity index (χ1) is 14.3. The standard InChI is InChI=1S/C21H19F2N3O2S2/c1-11-4-3-5-16(12(11)2)26-10-13(8-18(26)27)19(28)25-21-24-15-7-6-14(29-20(22)23)9-17(15)30-21/h3-7,9,13,20H,8,10H2,1-2H3,(H,24,25,28)/t13-/m1/s1. The predicted octanol–water partition coefficient (Wildman–Crippen LogP) is 5.22. The summed E-state index contributed by atoms with van der Waals surface area (Å²) in [4.78, 5) is 31.8. The molecule has 1 N–H and O–H groups in total. The van der Waals surface area contributed by atoms with E-state index in [1.165, 1.54) is 11.3 Å². The van der Waals surface area contributed by atoms with Gasteiger partial charge in [-0.15, -0.1) is 0 Å². The average Bonchev–Trinajstić information content (AvgIpc) is 3.26. The van der Waals surface area contributed by atoms with Gasteiger partial charge in [0.15, 0.2) is 5.13 Å². The first kappa shape index (κ1) is 20.7. The van der Waals surface area contributed by atoms with Crippen LogP contribution < -0.4 is 10.2 Å². The molecule has 2 amide bonds. The molecule has 0 unspecified atom stereocenters. The molecule has 9 heteroatoms. The van der Waals surface area contributed by atoms with Gasteiger partial charge in [-0.25, -0.2) is 4.98 Å². The number of anilines is 2. The first-order valence-electron chi connectivity index (χ1n) is 9.34. The number of hydrogen-bond donors (Lipinski definition) is 1. The molecule has 0 spiro atoms. The van der Waals surface area contributed by atoms with Crippen molar-refractivity contribution in [2.45, 2.75) is 30.9 Å². The monoisotopic (exact) mass is 447 g/mol. The van der Waals surface area contributed by atoms with Gasteiger partial charge in [0.05, 0.1) is 16.1 Å². The quantitative estimate of drug-likeness (QED) is 0.545. The van der Waals surface area contributed by atoms with E-state index in [4.69, 9.17) is 0 Å². The SMILES string of the molecule is Cc1cccc(N2C[C@H](C(=O)Nc3nc4ccc(SC(F)F)cc4s3)CC2=O)c1C. The summed E-state index contributed by atoms with van der Waals surface area (Å²) in [6, 6.07) is 10.7. The van der Waals surface area contributed by atoms with E-state index in [0.717, 1.165) is 21.5 Å². The van der Waals surface area contributed by atoms with Crippen LogP contribution in [-0.2, 0) is 9.59 Å². The molecule has 0 aliphatic carbocycles. The van der Waals surface area contributed by atoms with Crippen LogP contribution in [0.2, 0.25) is 0 Å². The van der Waals surface area contributed by atoms with Crippen molar-refractivity contribution in [3.05, 3.63) is 47.5 Å². The molecule has 4 rings (SSSR count). The smallest absolute Gasteiger partial charge is 0.288 e. The molecule has 1 fully saturated rings. The molecule has 30 heavy (non-hydrogen) atoms.